The summed E-state index contributed by atoms with van der Waals surface area (Å²) >= 11 is 3.25. The number of carboxylic acids is 1. The summed E-state index contributed by atoms with van der Waals surface area (Å²) in [6, 6.07) is 3.31. The monoisotopic (exact) mass is 281 g/mol. The molecule has 0 aromatic carbocycles. The number of hydrogen-bond donors (Lipinski definition) is 1. The zero-order chi connectivity index (χ0) is 11.5. The van der Waals surface area contributed by atoms with E-state index in [4.69, 9.17) is 5.11 Å². The van der Waals surface area contributed by atoms with Crippen LogP contribution in [0.1, 0.15) is 16.2 Å². The zero-order valence-electron chi connectivity index (χ0n) is 8.17. The highest BCUT2D eigenvalue weighted by molar-refractivity contribution is 9.10. The maximum atomic E-state index is 11.0. The fourth-order valence-corrected chi connectivity index (χ4v) is 1.83. The van der Waals surface area contributed by atoms with Crippen LogP contribution in [0.15, 0.2) is 35.3 Å². The van der Waals surface area contributed by atoms with Crippen LogP contribution >= 0.6 is 15.9 Å². The van der Waals surface area contributed by atoms with Gasteiger partial charge >= 0.3 is 5.97 Å². The van der Waals surface area contributed by atoms with Crippen molar-refractivity contribution in [1.29, 1.82) is 0 Å². The number of nitrogens with zero attached hydrogens (tertiary/aromatic N) is 3. The fourth-order valence-electron chi connectivity index (χ4n) is 1.37. The molecule has 0 aliphatic rings. The lowest BCUT2D eigenvalue weighted by molar-refractivity contribution is 0.0685. The van der Waals surface area contributed by atoms with Crippen molar-refractivity contribution in [3.63, 3.8) is 0 Å². The number of rotatable bonds is 3. The predicted octanol–water partition coefficient (Wildman–Crippen LogP) is 1.79. The Balaban J connectivity index is 2.31. The van der Waals surface area contributed by atoms with E-state index in [1.807, 2.05) is 0 Å². The van der Waals surface area contributed by atoms with Crippen LogP contribution < -0.4 is 0 Å². The molecule has 1 N–H and O–H groups in total. The van der Waals surface area contributed by atoms with Gasteiger partial charge in [-0.15, -0.1) is 0 Å². The molecule has 2 rings (SSSR count). The Morgan fingerprint density at radius 3 is 3.00 bits per heavy atom. The van der Waals surface area contributed by atoms with Crippen molar-refractivity contribution < 1.29 is 9.90 Å². The Kier molecular flexibility index (Phi) is 3.00. The molecule has 82 valence electrons. The Morgan fingerprint density at radius 2 is 2.38 bits per heavy atom. The minimum Gasteiger partial charge on any atom is -0.477 e. The van der Waals surface area contributed by atoms with Crippen LogP contribution in [0.25, 0.3) is 0 Å². The summed E-state index contributed by atoms with van der Waals surface area (Å²) in [5.74, 6) is -0.959. The molecule has 0 bridgehead atoms. The molecule has 0 saturated carbocycles. The lowest BCUT2D eigenvalue weighted by atomic mass is 10.4. The van der Waals surface area contributed by atoms with E-state index in [0.29, 0.717) is 6.54 Å². The van der Waals surface area contributed by atoms with E-state index in [2.05, 4.69) is 25.9 Å². The summed E-state index contributed by atoms with van der Waals surface area (Å²) < 4.78 is 2.35. The molecular formula is C10H8BrN3O2. The van der Waals surface area contributed by atoms with Crippen LogP contribution in [0.5, 0.6) is 0 Å². The first-order chi connectivity index (χ1) is 7.66. The fraction of sp³-hybridized carbons (Fsp3) is 0.100. The van der Waals surface area contributed by atoms with Crippen LogP contribution in [0.2, 0.25) is 0 Å². The molecule has 0 aliphatic heterocycles. The molecule has 0 radical (unpaired) electrons. The first kappa shape index (κ1) is 10.8. The minimum atomic E-state index is -0.959. The average molecular weight is 282 g/mol. The Bertz CT molecular complexity index is 510. The summed E-state index contributed by atoms with van der Waals surface area (Å²) in [7, 11) is 0. The largest absolute Gasteiger partial charge is 0.477 e. The third-order valence-electron chi connectivity index (χ3n) is 2.06. The highest BCUT2D eigenvalue weighted by Gasteiger charge is 2.11. The highest BCUT2D eigenvalue weighted by Crippen LogP contribution is 2.16. The van der Waals surface area contributed by atoms with Crippen molar-refractivity contribution in [1.82, 2.24) is 14.5 Å². The first-order valence-electron chi connectivity index (χ1n) is 4.50. The molecule has 6 heteroatoms. The molecule has 0 amide bonds. The summed E-state index contributed by atoms with van der Waals surface area (Å²) in [5, 5.41) is 8.98. The summed E-state index contributed by atoms with van der Waals surface area (Å²) in [4.78, 5) is 18.8. The molecule has 0 fully saturated rings. The lowest BCUT2D eigenvalue weighted by Crippen LogP contribution is -2.09. The van der Waals surface area contributed by atoms with Gasteiger partial charge in [-0.1, -0.05) is 0 Å². The van der Waals surface area contributed by atoms with Crippen LogP contribution in [-0.4, -0.2) is 25.6 Å². The van der Waals surface area contributed by atoms with Gasteiger partial charge in [0.2, 0.25) is 0 Å². The minimum absolute atomic E-state index is 0.227. The number of halogens is 1. The Hall–Kier alpha value is -1.69. The van der Waals surface area contributed by atoms with Gasteiger partial charge in [-0.2, -0.15) is 0 Å². The van der Waals surface area contributed by atoms with E-state index in [1.165, 1.54) is 6.33 Å². The number of hydrogen-bond acceptors (Lipinski definition) is 3. The van der Waals surface area contributed by atoms with E-state index in [9.17, 15) is 4.79 Å². The van der Waals surface area contributed by atoms with Crippen molar-refractivity contribution >= 4 is 21.9 Å². The molecular weight excluding hydrogens is 274 g/mol. The quantitative estimate of drug-likeness (QED) is 0.931. The zero-order valence-corrected chi connectivity index (χ0v) is 9.75. The van der Waals surface area contributed by atoms with Crippen molar-refractivity contribution in [2.24, 2.45) is 0 Å². The average Bonchev–Trinajstić information content (AvgIpc) is 2.61. The van der Waals surface area contributed by atoms with Crippen molar-refractivity contribution in [3.05, 3.63) is 46.7 Å². The van der Waals surface area contributed by atoms with Crippen molar-refractivity contribution in [2.75, 3.05) is 0 Å². The van der Waals surface area contributed by atoms with E-state index >= 15 is 0 Å². The molecule has 0 unspecified atom stereocenters. The Morgan fingerprint density at radius 1 is 1.56 bits per heavy atom. The lowest BCUT2D eigenvalue weighted by Gasteiger charge is -2.04. The van der Waals surface area contributed by atoms with Gasteiger partial charge in [-0.3, -0.25) is 0 Å². The van der Waals surface area contributed by atoms with Crippen LogP contribution in [0, 0.1) is 0 Å². The predicted molar refractivity (Wildman–Crippen MR) is 60.2 cm³/mol. The SMILES string of the molecule is O=C(O)c1cc(Br)cn1Cc1ccncn1. The van der Waals surface area contributed by atoms with Crippen molar-refractivity contribution in [2.45, 2.75) is 6.54 Å². The van der Waals surface area contributed by atoms with E-state index < -0.39 is 5.97 Å². The van der Waals surface area contributed by atoms with Gasteiger partial charge in [0.05, 0.1) is 12.2 Å². The molecule has 2 aromatic rings. The van der Waals surface area contributed by atoms with E-state index in [1.54, 1.807) is 29.1 Å². The molecule has 0 aliphatic carbocycles. The van der Waals surface area contributed by atoms with Gasteiger partial charge in [0.15, 0.2) is 0 Å². The molecule has 0 atom stereocenters. The third-order valence-corrected chi connectivity index (χ3v) is 2.49. The second kappa shape index (κ2) is 4.44. The molecule has 5 nitrogen and oxygen atoms in total. The standard InChI is InChI=1S/C10H8BrN3O2/c11-7-3-9(10(15)16)14(4-7)5-8-1-2-12-6-13-8/h1-4,6H,5H2,(H,15,16). The van der Waals surface area contributed by atoms with Crippen LogP contribution in [-0.2, 0) is 6.54 Å². The van der Waals surface area contributed by atoms with Crippen molar-refractivity contribution in [3.8, 4) is 0 Å². The second-order valence-corrected chi connectivity index (χ2v) is 4.09. The van der Waals surface area contributed by atoms with Gasteiger partial charge < -0.3 is 9.67 Å². The number of carboxylic acid groups (broad SMARTS) is 1. The first-order valence-corrected chi connectivity index (χ1v) is 5.30. The smallest absolute Gasteiger partial charge is 0.352 e. The summed E-state index contributed by atoms with van der Waals surface area (Å²) in [6.07, 6.45) is 4.78. The van der Waals surface area contributed by atoms with Crippen LogP contribution in [0.3, 0.4) is 0 Å². The van der Waals surface area contributed by atoms with Gasteiger partial charge in [0.1, 0.15) is 12.0 Å². The molecule has 0 saturated heterocycles. The summed E-state index contributed by atoms with van der Waals surface area (Å²) in [6.45, 7) is 0.412. The van der Waals surface area contributed by atoms with Gasteiger partial charge in [0.25, 0.3) is 0 Å². The van der Waals surface area contributed by atoms with Gasteiger partial charge in [0, 0.05) is 16.9 Å². The third kappa shape index (κ3) is 2.27. The molecule has 0 spiro atoms. The Labute approximate surface area is 99.9 Å². The molecule has 2 aromatic heterocycles. The maximum Gasteiger partial charge on any atom is 0.352 e. The van der Waals surface area contributed by atoms with E-state index in [0.717, 1.165) is 10.2 Å². The molecule has 16 heavy (non-hydrogen) atoms. The number of aromatic nitrogens is 3. The van der Waals surface area contributed by atoms with Gasteiger partial charge in [-0.05, 0) is 28.1 Å². The second-order valence-electron chi connectivity index (χ2n) is 3.18. The normalized spacial score (nSPS) is 10.3. The van der Waals surface area contributed by atoms with Gasteiger partial charge in [-0.25, -0.2) is 14.8 Å². The number of aromatic carboxylic acids is 1. The topological polar surface area (TPSA) is 68.0 Å². The van der Waals surface area contributed by atoms with E-state index in [-0.39, 0.29) is 5.69 Å². The maximum absolute atomic E-state index is 11.0. The highest BCUT2D eigenvalue weighted by atomic mass is 79.9. The van der Waals surface area contributed by atoms with Crippen LogP contribution in [0.4, 0.5) is 0 Å². The molecule has 2 heterocycles. The number of carbonyl (C=O) groups is 1. The summed E-state index contributed by atoms with van der Waals surface area (Å²) in [5.41, 5.74) is 0.992.